The molecule has 1 aromatic rings. The largest absolute Gasteiger partial charge is 0.478 e. The number of carbonyl (C=O) groups is 1. The van der Waals surface area contributed by atoms with Gasteiger partial charge in [-0.2, -0.15) is 0 Å². The van der Waals surface area contributed by atoms with Gasteiger partial charge >= 0.3 is 5.97 Å². The number of aromatic carboxylic acids is 1. The third-order valence-corrected chi connectivity index (χ3v) is 1.85. The van der Waals surface area contributed by atoms with Crippen LogP contribution < -0.4 is 0 Å². The van der Waals surface area contributed by atoms with Gasteiger partial charge in [0, 0.05) is 12.6 Å². The molecule has 0 radical (unpaired) electrons. The minimum Gasteiger partial charge on any atom is -0.478 e. The Kier molecular flexibility index (Phi) is 3.17. The molecule has 0 amide bonds. The molecule has 76 valence electrons. The molecule has 4 heteroatoms. The van der Waals surface area contributed by atoms with E-state index in [1.54, 1.807) is 6.92 Å². The predicted octanol–water partition coefficient (Wildman–Crippen LogP) is 1.68. The first-order chi connectivity index (χ1) is 6.50. The van der Waals surface area contributed by atoms with Crippen molar-refractivity contribution in [1.29, 1.82) is 0 Å². The van der Waals surface area contributed by atoms with E-state index in [9.17, 15) is 4.79 Å². The fraction of sp³-hybridized carbons (Fsp3) is 0.500. The van der Waals surface area contributed by atoms with Crippen molar-refractivity contribution in [2.45, 2.75) is 27.2 Å². The highest BCUT2D eigenvalue weighted by Gasteiger charge is 2.10. The number of nitrogens with zero attached hydrogens (tertiary/aromatic N) is 2. The Morgan fingerprint density at radius 1 is 1.57 bits per heavy atom. The molecule has 0 bridgehead atoms. The van der Waals surface area contributed by atoms with E-state index in [-0.39, 0.29) is 5.56 Å². The molecule has 0 saturated carbocycles. The Bertz CT molecular complexity index is 348. The van der Waals surface area contributed by atoms with Crippen molar-refractivity contribution in [1.82, 2.24) is 9.97 Å². The molecule has 1 N–H and O–H groups in total. The van der Waals surface area contributed by atoms with Gasteiger partial charge in [-0.05, 0) is 12.8 Å². The summed E-state index contributed by atoms with van der Waals surface area (Å²) in [6.45, 7) is 5.84. The first-order valence-corrected chi connectivity index (χ1v) is 4.56. The second-order valence-corrected chi connectivity index (χ2v) is 3.69. The molecule has 0 aliphatic rings. The molecular formula is C10H14N2O2. The van der Waals surface area contributed by atoms with Crippen LogP contribution in [0.2, 0.25) is 0 Å². The van der Waals surface area contributed by atoms with E-state index in [0.717, 1.165) is 6.42 Å². The molecular weight excluding hydrogens is 180 g/mol. The van der Waals surface area contributed by atoms with Crippen LogP contribution in [0.25, 0.3) is 0 Å². The third-order valence-electron chi connectivity index (χ3n) is 1.85. The Morgan fingerprint density at radius 3 is 2.64 bits per heavy atom. The number of carboxylic acids is 1. The van der Waals surface area contributed by atoms with Crippen LogP contribution in [0.1, 0.15) is 35.7 Å². The topological polar surface area (TPSA) is 63.1 Å². The van der Waals surface area contributed by atoms with E-state index in [2.05, 4.69) is 23.8 Å². The van der Waals surface area contributed by atoms with E-state index in [4.69, 9.17) is 5.11 Å². The minimum atomic E-state index is -0.974. The third kappa shape index (κ3) is 2.52. The summed E-state index contributed by atoms with van der Waals surface area (Å²) in [6, 6.07) is 0. The van der Waals surface area contributed by atoms with Crippen LogP contribution in [-0.4, -0.2) is 21.0 Å². The van der Waals surface area contributed by atoms with Crippen LogP contribution in [0.5, 0.6) is 0 Å². The fourth-order valence-corrected chi connectivity index (χ4v) is 1.19. The van der Waals surface area contributed by atoms with Gasteiger partial charge in [-0.3, -0.25) is 0 Å². The summed E-state index contributed by atoms with van der Waals surface area (Å²) in [7, 11) is 0. The Hall–Kier alpha value is -1.45. The van der Waals surface area contributed by atoms with Gasteiger partial charge in [0.15, 0.2) is 0 Å². The highest BCUT2D eigenvalue weighted by atomic mass is 16.4. The van der Waals surface area contributed by atoms with Gasteiger partial charge in [0.2, 0.25) is 0 Å². The zero-order valence-corrected chi connectivity index (χ0v) is 8.61. The van der Waals surface area contributed by atoms with Crippen LogP contribution >= 0.6 is 0 Å². The summed E-state index contributed by atoms with van der Waals surface area (Å²) in [6.07, 6.45) is 2.16. The average molecular weight is 194 g/mol. The quantitative estimate of drug-likeness (QED) is 0.795. The maximum absolute atomic E-state index is 10.7. The number of aromatic nitrogens is 2. The molecule has 1 aromatic heterocycles. The molecule has 0 fully saturated rings. The molecule has 0 spiro atoms. The second-order valence-electron chi connectivity index (χ2n) is 3.69. The summed E-state index contributed by atoms with van der Waals surface area (Å²) < 4.78 is 0. The van der Waals surface area contributed by atoms with Crippen molar-refractivity contribution in [2.24, 2.45) is 5.92 Å². The van der Waals surface area contributed by atoms with Crippen molar-refractivity contribution >= 4 is 5.97 Å². The molecule has 0 aromatic carbocycles. The van der Waals surface area contributed by atoms with Crippen molar-refractivity contribution in [2.75, 3.05) is 0 Å². The molecule has 0 aliphatic carbocycles. The summed E-state index contributed by atoms with van der Waals surface area (Å²) >= 11 is 0. The summed E-state index contributed by atoms with van der Waals surface area (Å²) in [5.74, 6) is 0.214. The molecule has 0 aliphatic heterocycles. The highest BCUT2D eigenvalue weighted by molar-refractivity contribution is 5.88. The summed E-state index contributed by atoms with van der Waals surface area (Å²) in [5, 5.41) is 8.76. The van der Waals surface area contributed by atoms with Crippen molar-refractivity contribution in [3.8, 4) is 0 Å². The number of rotatable bonds is 3. The van der Waals surface area contributed by atoms with Gasteiger partial charge in [-0.25, -0.2) is 14.8 Å². The van der Waals surface area contributed by atoms with Crippen LogP contribution in [0.3, 0.4) is 0 Å². The zero-order chi connectivity index (χ0) is 10.7. The lowest BCUT2D eigenvalue weighted by Crippen LogP contribution is -2.07. The predicted molar refractivity (Wildman–Crippen MR) is 52.3 cm³/mol. The van der Waals surface area contributed by atoms with Crippen LogP contribution in [0.15, 0.2) is 6.20 Å². The molecule has 0 saturated heterocycles. The van der Waals surface area contributed by atoms with E-state index >= 15 is 0 Å². The smallest absolute Gasteiger partial charge is 0.339 e. The van der Waals surface area contributed by atoms with E-state index in [0.29, 0.717) is 17.4 Å². The molecule has 1 rings (SSSR count). The lowest BCUT2D eigenvalue weighted by Gasteiger charge is -2.05. The van der Waals surface area contributed by atoms with Gasteiger partial charge in [-0.15, -0.1) is 0 Å². The van der Waals surface area contributed by atoms with Crippen LogP contribution in [0.4, 0.5) is 0 Å². The number of hydrogen-bond acceptors (Lipinski definition) is 3. The van der Waals surface area contributed by atoms with Crippen molar-refractivity contribution < 1.29 is 9.90 Å². The zero-order valence-electron chi connectivity index (χ0n) is 8.61. The Balaban J connectivity index is 2.94. The van der Waals surface area contributed by atoms with Crippen molar-refractivity contribution in [3.63, 3.8) is 0 Å². The Labute approximate surface area is 83.0 Å². The SMILES string of the molecule is Cc1nc(CC(C)C)ncc1C(=O)O. The summed E-state index contributed by atoms with van der Waals surface area (Å²) in [5.41, 5.74) is 0.709. The fourth-order valence-electron chi connectivity index (χ4n) is 1.19. The maximum atomic E-state index is 10.7. The Morgan fingerprint density at radius 2 is 2.21 bits per heavy atom. The monoisotopic (exact) mass is 194 g/mol. The lowest BCUT2D eigenvalue weighted by molar-refractivity contribution is 0.0695. The van der Waals surface area contributed by atoms with Gasteiger partial charge in [0.05, 0.1) is 11.3 Å². The molecule has 14 heavy (non-hydrogen) atoms. The molecule has 0 atom stereocenters. The van der Waals surface area contributed by atoms with Crippen molar-refractivity contribution in [3.05, 3.63) is 23.3 Å². The highest BCUT2D eigenvalue weighted by Crippen LogP contribution is 2.07. The van der Waals surface area contributed by atoms with Gasteiger partial charge in [0.25, 0.3) is 0 Å². The minimum absolute atomic E-state index is 0.178. The van der Waals surface area contributed by atoms with Crippen LogP contribution in [0, 0.1) is 12.8 Å². The number of hydrogen-bond donors (Lipinski definition) is 1. The van der Waals surface area contributed by atoms with E-state index in [1.165, 1.54) is 6.20 Å². The second kappa shape index (κ2) is 4.17. The first kappa shape index (κ1) is 10.6. The normalized spacial score (nSPS) is 10.6. The van der Waals surface area contributed by atoms with Gasteiger partial charge in [-0.1, -0.05) is 13.8 Å². The lowest BCUT2D eigenvalue weighted by atomic mass is 10.1. The van der Waals surface area contributed by atoms with E-state index < -0.39 is 5.97 Å². The molecule has 4 nitrogen and oxygen atoms in total. The standard InChI is InChI=1S/C10H14N2O2/c1-6(2)4-9-11-5-8(10(13)14)7(3)12-9/h5-6H,4H2,1-3H3,(H,13,14). The number of aryl methyl sites for hydroxylation is 1. The summed E-state index contributed by atoms with van der Waals surface area (Å²) in [4.78, 5) is 18.8. The molecule has 1 heterocycles. The van der Waals surface area contributed by atoms with Gasteiger partial charge in [0.1, 0.15) is 5.82 Å². The number of carboxylic acid groups (broad SMARTS) is 1. The van der Waals surface area contributed by atoms with Gasteiger partial charge < -0.3 is 5.11 Å². The van der Waals surface area contributed by atoms with Crippen LogP contribution in [-0.2, 0) is 6.42 Å². The first-order valence-electron chi connectivity index (χ1n) is 4.56. The van der Waals surface area contributed by atoms with E-state index in [1.807, 2.05) is 0 Å². The molecule has 0 unspecified atom stereocenters. The average Bonchev–Trinajstić information content (AvgIpc) is 2.01. The maximum Gasteiger partial charge on any atom is 0.339 e.